The maximum absolute atomic E-state index is 5.94. The molecule has 0 bridgehead atoms. The number of anilines is 1. The highest BCUT2D eigenvalue weighted by molar-refractivity contribution is 5.46. The van der Waals surface area contributed by atoms with Gasteiger partial charge < -0.3 is 11.1 Å². The van der Waals surface area contributed by atoms with Gasteiger partial charge in [0.2, 0.25) is 0 Å². The van der Waals surface area contributed by atoms with Gasteiger partial charge in [-0.05, 0) is 68.0 Å². The first kappa shape index (κ1) is 12.0. The van der Waals surface area contributed by atoms with Crippen molar-refractivity contribution >= 4 is 5.69 Å². The van der Waals surface area contributed by atoms with Gasteiger partial charge in [0.15, 0.2) is 0 Å². The number of para-hydroxylation sites is 1. The smallest absolute Gasteiger partial charge is 0.0346 e. The molecule has 0 heterocycles. The Labute approximate surface area is 110 Å². The third-order valence-corrected chi connectivity index (χ3v) is 4.67. The Balaban J connectivity index is 1.34. The van der Waals surface area contributed by atoms with E-state index in [1.807, 2.05) is 12.1 Å². The number of hydrogen-bond donors (Lipinski definition) is 2. The van der Waals surface area contributed by atoms with E-state index in [0.717, 1.165) is 30.0 Å². The van der Waals surface area contributed by atoms with Gasteiger partial charge in [0.25, 0.3) is 0 Å². The summed E-state index contributed by atoms with van der Waals surface area (Å²) >= 11 is 0. The molecule has 0 saturated heterocycles. The predicted octanol–water partition coefficient (Wildman–Crippen LogP) is 2.98. The number of aryl methyl sites for hydroxylation is 1. The van der Waals surface area contributed by atoms with E-state index in [0.29, 0.717) is 0 Å². The van der Waals surface area contributed by atoms with E-state index in [2.05, 4.69) is 17.4 Å². The Morgan fingerprint density at radius 2 is 2.00 bits per heavy atom. The maximum atomic E-state index is 5.94. The summed E-state index contributed by atoms with van der Waals surface area (Å²) < 4.78 is 0. The van der Waals surface area contributed by atoms with Gasteiger partial charge in [-0.15, -0.1) is 0 Å². The Kier molecular flexibility index (Phi) is 3.29. The van der Waals surface area contributed by atoms with E-state index in [1.165, 1.54) is 44.2 Å². The van der Waals surface area contributed by atoms with Crippen molar-refractivity contribution in [3.63, 3.8) is 0 Å². The SMILES string of the molecule is Nc1ccccc1CCCNCC1(C2CC2)CC1. The number of nitrogen functional groups attached to an aromatic ring is 1. The minimum absolute atomic E-state index is 0.728. The fourth-order valence-corrected chi connectivity index (χ4v) is 3.09. The second kappa shape index (κ2) is 4.93. The van der Waals surface area contributed by atoms with E-state index < -0.39 is 0 Å². The molecule has 0 amide bonds. The molecule has 1 aromatic carbocycles. The fraction of sp³-hybridized carbons (Fsp3) is 0.625. The topological polar surface area (TPSA) is 38.0 Å². The van der Waals surface area contributed by atoms with Crippen molar-refractivity contribution in [2.24, 2.45) is 11.3 Å². The van der Waals surface area contributed by atoms with E-state index in [4.69, 9.17) is 5.73 Å². The summed E-state index contributed by atoms with van der Waals surface area (Å²) in [6.45, 7) is 2.38. The first-order valence-corrected chi connectivity index (χ1v) is 7.34. The Hall–Kier alpha value is -1.02. The summed E-state index contributed by atoms with van der Waals surface area (Å²) in [4.78, 5) is 0. The normalized spacial score (nSPS) is 20.9. The van der Waals surface area contributed by atoms with Crippen LogP contribution in [0.25, 0.3) is 0 Å². The van der Waals surface area contributed by atoms with Crippen LogP contribution in [-0.4, -0.2) is 13.1 Å². The fourth-order valence-electron chi connectivity index (χ4n) is 3.09. The van der Waals surface area contributed by atoms with Gasteiger partial charge in [-0.25, -0.2) is 0 Å². The van der Waals surface area contributed by atoms with Gasteiger partial charge in [0, 0.05) is 12.2 Å². The van der Waals surface area contributed by atoms with Crippen LogP contribution in [0.15, 0.2) is 24.3 Å². The predicted molar refractivity (Wildman–Crippen MR) is 76.4 cm³/mol. The number of nitrogens with two attached hydrogens (primary N) is 1. The van der Waals surface area contributed by atoms with Crippen molar-refractivity contribution in [1.82, 2.24) is 5.32 Å². The molecule has 1 aromatic rings. The largest absolute Gasteiger partial charge is 0.399 e. The molecule has 18 heavy (non-hydrogen) atoms. The van der Waals surface area contributed by atoms with E-state index in [9.17, 15) is 0 Å². The highest BCUT2D eigenvalue weighted by Gasteiger charge is 2.52. The molecule has 2 heteroatoms. The summed E-state index contributed by atoms with van der Waals surface area (Å²) in [5.74, 6) is 1.06. The molecule has 0 aromatic heterocycles. The zero-order chi connectivity index (χ0) is 12.4. The second-order valence-electron chi connectivity index (χ2n) is 6.12. The number of nitrogens with one attached hydrogen (secondary N) is 1. The van der Waals surface area contributed by atoms with Gasteiger partial charge in [-0.1, -0.05) is 18.2 Å². The Bertz CT molecular complexity index is 405. The zero-order valence-corrected chi connectivity index (χ0v) is 11.1. The van der Waals surface area contributed by atoms with Crippen molar-refractivity contribution in [3.8, 4) is 0 Å². The van der Waals surface area contributed by atoms with Crippen LogP contribution in [0.3, 0.4) is 0 Å². The van der Waals surface area contributed by atoms with Crippen LogP contribution in [0.5, 0.6) is 0 Å². The van der Waals surface area contributed by atoms with Crippen LogP contribution in [-0.2, 0) is 6.42 Å². The van der Waals surface area contributed by atoms with Crippen molar-refractivity contribution in [2.75, 3.05) is 18.8 Å². The molecule has 2 saturated carbocycles. The molecule has 0 aliphatic heterocycles. The van der Waals surface area contributed by atoms with E-state index in [1.54, 1.807) is 0 Å². The standard InChI is InChI=1S/C16H24N2/c17-15-6-2-1-4-13(15)5-3-11-18-12-16(9-10-16)14-7-8-14/h1-2,4,6,14,18H,3,5,7-12,17H2. The van der Waals surface area contributed by atoms with Crippen LogP contribution in [0.2, 0.25) is 0 Å². The average Bonchev–Trinajstić information content (AvgIpc) is 3.25. The average molecular weight is 244 g/mol. The van der Waals surface area contributed by atoms with Gasteiger partial charge >= 0.3 is 0 Å². The summed E-state index contributed by atoms with van der Waals surface area (Å²) in [5.41, 5.74) is 8.90. The van der Waals surface area contributed by atoms with Crippen LogP contribution in [0.1, 0.15) is 37.7 Å². The summed E-state index contributed by atoms with van der Waals surface area (Å²) in [6.07, 6.45) is 8.20. The molecule has 0 atom stereocenters. The number of rotatable bonds is 7. The third kappa shape index (κ3) is 2.69. The lowest BCUT2D eigenvalue weighted by atomic mass is 10.0. The lowest BCUT2D eigenvalue weighted by Gasteiger charge is -2.15. The third-order valence-electron chi connectivity index (χ3n) is 4.67. The molecule has 3 rings (SSSR count). The number of benzene rings is 1. The summed E-state index contributed by atoms with van der Waals surface area (Å²) in [6, 6.07) is 8.21. The van der Waals surface area contributed by atoms with E-state index >= 15 is 0 Å². The van der Waals surface area contributed by atoms with Gasteiger partial charge in [0.1, 0.15) is 0 Å². The minimum Gasteiger partial charge on any atom is -0.399 e. The van der Waals surface area contributed by atoms with Crippen molar-refractivity contribution in [1.29, 1.82) is 0 Å². The van der Waals surface area contributed by atoms with Gasteiger partial charge in [-0.3, -0.25) is 0 Å². The molecular formula is C16H24N2. The first-order chi connectivity index (χ1) is 8.80. The lowest BCUT2D eigenvalue weighted by Crippen LogP contribution is -2.26. The molecular weight excluding hydrogens is 220 g/mol. The van der Waals surface area contributed by atoms with Crippen LogP contribution < -0.4 is 11.1 Å². The van der Waals surface area contributed by atoms with Crippen LogP contribution >= 0.6 is 0 Å². The monoisotopic (exact) mass is 244 g/mol. The molecule has 2 aliphatic carbocycles. The highest BCUT2D eigenvalue weighted by atomic mass is 14.9. The van der Waals surface area contributed by atoms with Crippen molar-refractivity contribution in [3.05, 3.63) is 29.8 Å². The second-order valence-corrected chi connectivity index (χ2v) is 6.12. The maximum Gasteiger partial charge on any atom is 0.0346 e. The Morgan fingerprint density at radius 3 is 2.67 bits per heavy atom. The van der Waals surface area contributed by atoms with Crippen molar-refractivity contribution in [2.45, 2.75) is 38.5 Å². The van der Waals surface area contributed by atoms with Gasteiger partial charge in [-0.2, -0.15) is 0 Å². The minimum atomic E-state index is 0.728. The summed E-state index contributed by atoms with van der Waals surface area (Å²) in [5, 5.41) is 3.66. The Morgan fingerprint density at radius 1 is 1.22 bits per heavy atom. The highest BCUT2D eigenvalue weighted by Crippen LogP contribution is 2.60. The molecule has 2 fully saturated rings. The zero-order valence-electron chi connectivity index (χ0n) is 11.1. The van der Waals surface area contributed by atoms with Crippen LogP contribution in [0.4, 0.5) is 5.69 Å². The summed E-state index contributed by atoms with van der Waals surface area (Å²) in [7, 11) is 0. The molecule has 2 nitrogen and oxygen atoms in total. The number of hydrogen-bond acceptors (Lipinski definition) is 2. The first-order valence-electron chi connectivity index (χ1n) is 7.34. The molecule has 2 aliphatic rings. The quantitative estimate of drug-likeness (QED) is 0.571. The van der Waals surface area contributed by atoms with E-state index in [-0.39, 0.29) is 0 Å². The molecule has 0 unspecified atom stereocenters. The molecule has 98 valence electrons. The van der Waals surface area contributed by atoms with Gasteiger partial charge in [0.05, 0.1) is 0 Å². The molecule has 0 radical (unpaired) electrons. The lowest BCUT2D eigenvalue weighted by molar-refractivity contribution is 0.403. The van der Waals surface area contributed by atoms with Crippen molar-refractivity contribution < 1.29 is 0 Å². The molecule has 0 spiro atoms. The van der Waals surface area contributed by atoms with Crippen LogP contribution in [0, 0.1) is 11.3 Å². The molecule has 3 N–H and O–H groups in total.